The molecular weight excluding hydrogens is 316 g/mol. The molecule has 5 nitrogen and oxygen atoms in total. The number of nitro groups is 1. The van der Waals surface area contributed by atoms with Gasteiger partial charge >= 0.3 is 0 Å². The number of nitriles is 1. The zero-order valence-electron chi connectivity index (χ0n) is 14.5. The summed E-state index contributed by atoms with van der Waals surface area (Å²) in [7, 11) is 0. The van der Waals surface area contributed by atoms with Crippen LogP contribution in [0.25, 0.3) is 11.1 Å². The van der Waals surface area contributed by atoms with Gasteiger partial charge in [0.15, 0.2) is 0 Å². The largest absolute Gasteiger partial charge is 0.299 e. The number of nitro benzene ring substituents is 1. The summed E-state index contributed by atoms with van der Waals surface area (Å²) < 4.78 is 0. The van der Waals surface area contributed by atoms with E-state index in [2.05, 4.69) is 6.07 Å². The molecule has 0 aliphatic rings. The average Bonchev–Trinajstić information content (AvgIpc) is 2.58. The third-order valence-electron chi connectivity index (χ3n) is 4.09. The molecule has 0 heterocycles. The van der Waals surface area contributed by atoms with Crippen LogP contribution < -0.4 is 0 Å². The van der Waals surface area contributed by atoms with Crippen molar-refractivity contribution >= 4 is 11.5 Å². The number of benzene rings is 2. The van der Waals surface area contributed by atoms with Crippen LogP contribution in [0.1, 0.15) is 38.7 Å². The van der Waals surface area contributed by atoms with Gasteiger partial charge in [0.2, 0.25) is 0 Å². The van der Waals surface area contributed by atoms with Crippen molar-refractivity contribution in [3.63, 3.8) is 0 Å². The van der Waals surface area contributed by atoms with Crippen LogP contribution >= 0.6 is 0 Å². The maximum absolute atomic E-state index is 12.3. The van der Waals surface area contributed by atoms with Gasteiger partial charge in [-0.3, -0.25) is 14.9 Å². The van der Waals surface area contributed by atoms with Crippen LogP contribution in [-0.4, -0.2) is 10.7 Å². The lowest BCUT2D eigenvalue weighted by Crippen LogP contribution is -2.22. The Morgan fingerprint density at radius 1 is 1.16 bits per heavy atom. The summed E-state index contributed by atoms with van der Waals surface area (Å²) in [6.45, 7) is 5.33. The van der Waals surface area contributed by atoms with Crippen molar-refractivity contribution < 1.29 is 9.72 Å². The van der Waals surface area contributed by atoms with E-state index in [9.17, 15) is 20.2 Å². The van der Waals surface area contributed by atoms with Gasteiger partial charge in [-0.25, -0.2) is 0 Å². The average molecular weight is 336 g/mol. The van der Waals surface area contributed by atoms with Crippen molar-refractivity contribution in [3.8, 4) is 17.2 Å². The second-order valence-electron chi connectivity index (χ2n) is 6.96. The first-order valence-corrected chi connectivity index (χ1v) is 8.00. The van der Waals surface area contributed by atoms with Gasteiger partial charge in [0.05, 0.1) is 16.9 Å². The first-order chi connectivity index (χ1) is 11.7. The summed E-state index contributed by atoms with van der Waals surface area (Å²) in [6.07, 6.45) is -0.0426. The predicted octanol–water partition coefficient (Wildman–Crippen LogP) is 4.87. The van der Waals surface area contributed by atoms with E-state index < -0.39 is 16.3 Å². The Hall–Kier alpha value is -3.00. The fraction of sp³-hybridized carbons (Fsp3) is 0.300. The highest BCUT2D eigenvalue weighted by molar-refractivity contribution is 5.85. The van der Waals surface area contributed by atoms with Gasteiger partial charge in [-0.1, -0.05) is 51.1 Å². The topological polar surface area (TPSA) is 84.0 Å². The van der Waals surface area contributed by atoms with Gasteiger partial charge in [0.1, 0.15) is 5.78 Å². The summed E-state index contributed by atoms with van der Waals surface area (Å²) >= 11 is 0. The lowest BCUT2D eigenvalue weighted by Gasteiger charge is -2.19. The molecule has 2 aromatic rings. The van der Waals surface area contributed by atoms with E-state index in [1.54, 1.807) is 32.9 Å². The summed E-state index contributed by atoms with van der Waals surface area (Å²) in [5.74, 6) is -0.950. The minimum atomic E-state index is -0.851. The molecule has 0 bridgehead atoms. The second-order valence-corrected chi connectivity index (χ2v) is 6.96. The van der Waals surface area contributed by atoms with Crippen molar-refractivity contribution in [2.75, 3.05) is 0 Å². The number of ketones is 1. The Morgan fingerprint density at radius 3 is 2.32 bits per heavy atom. The Kier molecular flexibility index (Phi) is 5.33. The normalized spacial score (nSPS) is 12.2. The zero-order chi connectivity index (χ0) is 18.6. The number of rotatable bonds is 5. The van der Waals surface area contributed by atoms with Crippen LogP contribution in [0, 0.1) is 26.9 Å². The summed E-state index contributed by atoms with van der Waals surface area (Å²) in [4.78, 5) is 23.2. The third kappa shape index (κ3) is 4.30. The number of nitrogens with zero attached hydrogens (tertiary/aromatic N) is 2. The molecule has 128 valence electrons. The van der Waals surface area contributed by atoms with Gasteiger partial charge in [-0.05, 0) is 23.3 Å². The molecule has 0 spiro atoms. The molecular formula is C20H20N2O3. The number of Topliss-reactive ketones (excluding diaryl/α,β-unsaturated/α-hetero) is 1. The van der Waals surface area contributed by atoms with Crippen LogP contribution in [-0.2, 0) is 4.79 Å². The first-order valence-electron chi connectivity index (χ1n) is 8.00. The maximum atomic E-state index is 12.3. The van der Waals surface area contributed by atoms with E-state index in [0.29, 0.717) is 0 Å². The first kappa shape index (κ1) is 18.3. The fourth-order valence-electron chi connectivity index (χ4n) is 2.53. The SMILES string of the molecule is CC(C)(C)C(=O)CC(C#N)c1cc(-c2ccccc2)ccc1[N+](=O)[O-]. The molecule has 0 aromatic heterocycles. The monoisotopic (exact) mass is 336 g/mol. The minimum Gasteiger partial charge on any atom is -0.299 e. The van der Waals surface area contributed by atoms with Crippen LogP contribution in [0.5, 0.6) is 0 Å². The van der Waals surface area contributed by atoms with E-state index >= 15 is 0 Å². The Balaban J connectivity index is 2.50. The molecule has 1 unspecified atom stereocenters. The highest BCUT2D eigenvalue weighted by Gasteiger charge is 2.29. The molecule has 25 heavy (non-hydrogen) atoms. The fourth-order valence-corrected chi connectivity index (χ4v) is 2.53. The predicted molar refractivity (Wildman–Crippen MR) is 96.0 cm³/mol. The van der Waals surface area contributed by atoms with Crippen molar-refractivity contribution in [3.05, 3.63) is 64.2 Å². The molecule has 2 aromatic carbocycles. The minimum absolute atomic E-state index is 0.0426. The second kappa shape index (κ2) is 7.27. The van der Waals surface area contributed by atoms with Crippen molar-refractivity contribution in [1.29, 1.82) is 5.26 Å². The lowest BCUT2D eigenvalue weighted by atomic mass is 9.82. The quantitative estimate of drug-likeness (QED) is 0.575. The van der Waals surface area contributed by atoms with E-state index in [1.807, 2.05) is 30.3 Å². The number of carbonyl (C=O) groups is 1. The number of hydrogen-bond donors (Lipinski definition) is 0. The molecule has 0 aliphatic heterocycles. The molecule has 0 N–H and O–H groups in total. The van der Waals surface area contributed by atoms with Crippen molar-refractivity contribution in [1.82, 2.24) is 0 Å². The molecule has 1 atom stereocenters. The van der Waals surface area contributed by atoms with E-state index in [-0.39, 0.29) is 23.5 Å². The van der Waals surface area contributed by atoms with E-state index in [0.717, 1.165) is 11.1 Å². The zero-order valence-corrected chi connectivity index (χ0v) is 14.5. The molecule has 5 heteroatoms. The van der Waals surface area contributed by atoms with Gasteiger partial charge in [0.25, 0.3) is 5.69 Å². The summed E-state index contributed by atoms with van der Waals surface area (Å²) in [5, 5.41) is 20.9. The van der Waals surface area contributed by atoms with Gasteiger partial charge in [-0.15, -0.1) is 0 Å². The van der Waals surface area contributed by atoms with Gasteiger partial charge < -0.3 is 0 Å². The molecule has 0 saturated heterocycles. The number of hydrogen-bond acceptors (Lipinski definition) is 4. The van der Waals surface area contributed by atoms with Crippen LogP contribution in [0.15, 0.2) is 48.5 Å². The summed E-state index contributed by atoms with van der Waals surface area (Å²) in [6, 6.07) is 16.2. The van der Waals surface area contributed by atoms with E-state index in [1.165, 1.54) is 6.07 Å². The Labute approximate surface area is 147 Å². The smallest absolute Gasteiger partial charge is 0.273 e. The molecule has 0 aliphatic carbocycles. The van der Waals surface area contributed by atoms with Gasteiger partial charge in [-0.2, -0.15) is 5.26 Å². The lowest BCUT2D eigenvalue weighted by molar-refractivity contribution is -0.385. The maximum Gasteiger partial charge on any atom is 0.273 e. The highest BCUT2D eigenvalue weighted by Crippen LogP contribution is 2.34. The van der Waals surface area contributed by atoms with Crippen molar-refractivity contribution in [2.45, 2.75) is 33.1 Å². The van der Waals surface area contributed by atoms with Crippen LogP contribution in [0.4, 0.5) is 5.69 Å². The molecule has 0 fully saturated rings. The van der Waals surface area contributed by atoms with Gasteiger partial charge in [0, 0.05) is 23.5 Å². The summed E-state index contributed by atoms with van der Waals surface area (Å²) in [5.41, 5.74) is 1.24. The molecule has 2 rings (SSSR count). The highest BCUT2D eigenvalue weighted by atomic mass is 16.6. The Morgan fingerprint density at radius 2 is 1.80 bits per heavy atom. The molecule has 0 radical (unpaired) electrons. The Bertz CT molecular complexity index is 830. The molecule has 0 saturated carbocycles. The van der Waals surface area contributed by atoms with E-state index in [4.69, 9.17) is 0 Å². The van der Waals surface area contributed by atoms with Crippen LogP contribution in [0.3, 0.4) is 0 Å². The van der Waals surface area contributed by atoms with Crippen molar-refractivity contribution in [2.24, 2.45) is 5.41 Å². The van der Waals surface area contributed by atoms with Crippen LogP contribution in [0.2, 0.25) is 0 Å². The number of carbonyl (C=O) groups excluding carboxylic acids is 1. The standard InChI is InChI=1S/C20H20N2O3/c1-20(2,3)19(23)12-16(13-21)17-11-15(9-10-18(17)22(24)25)14-7-5-4-6-8-14/h4-11,16H,12H2,1-3H3. The third-order valence-corrected chi connectivity index (χ3v) is 4.09. The molecule has 0 amide bonds.